The smallest absolute Gasteiger partial charge is 0.186 e. The Morgan fingerprint density at radius 2 is 2.17 bits per heavy atom. The van der Waals surface area contributed by atoms with Crippen LogP contribution in [0.3, 0.4) is 0 Å². The summed E-state index contributed by atoms with van der Waals surface area (Å²) in [5, 5.41) is 17.6. The van der Waals surface area contributed by atoms with Crippen LogP contribution in [-0.2, 0) is 6.42 Å². The first-order valence-electron chi connectivity index (χ1n) is 5.99. The van der Waals surface area contributed by atoms with Crippen LogP contribution in [0.1, 0.15) is 29.5 Å². The fourth-order valence-corrected chi connectivity index (χ4v) is 2.27. The minimum Gasteiger partial charge on any atom is -0.507 e. The Balaban J connectivity index is 2.38. The summed E-state index contributed by atoms with van der Waals surface area (Å²) < 4.78 is 0. The quantitative estimate of drug-likeness (QED) is 0.534. The Morgan fingerprint density at radius 3 is 2.89 bits per heavy atom. The van der Waals surface area contributed by atoms with Crippen molar-refractivity contribution < 1.29 is 5.11 Å². The second-order valence-corrected chi connectivity index (χ2v) is 4.77. The van der Waals surface area contributed by atoms with Gasteiger partial charge in [0.15, 0.2) is 5.11 Å². The molecular formula is C13H17N3OS. The van der Waals surface area contributed by atoms with Gasteiger partial charge in [-0.2, -0.15) is 5.10 Å². The van der Waals surface area contributed by atoms with E-state index >= 15 is 0 Å². The zero-order valence-electron chi connectivity index (χ0n) is 10.6. The normalized spacial score (nSPS) is 16.2. The molecule has 3 N–H and O–H groups in total. The van der Waals surface area contributed by atoms with Gasteiger partial charge < -0.3 is 10.4 Å². The van der Waals surface area contributed by atoms with Crippen LogP contribution >= 0.6 is 12.2 Å². The molecule has 0 saturated carbocycles. The Morgan fingerprint density at radius 1 is 1.39 bits per heavy atom. The zero-order chi connectivity index (χ0) is 13.1. The third kappa shape index (κ3) is 2.46. The van der Waals surface area contributed by atoms with Crippen molar-refractivity contribution in [2.24, 2.45) is 5.10 Å². The molecule has 0 aromatic heterocycles. The van der Waals surface area contributed by atoms with Crippen LogP contribution < -0.4 is 10.7 Å². The summed E-state index contributed by atoms with van der Waals surface area (Å²) in [5.74, 6) is 0.297. The number of rotatable bonds is 1. The topological polar surface area (TPSA) is 56.7 Å². The maximum atomic E-state index is 10.0. The predicted octanol–water partition coefficient (Wildman–Crippen LogP) is 1.83. The number of fused-ring (bicyclic) bond motifs is 1. The molecule has 96 valence electrons. The Labute approximate surface area is 112 Å². The number of thiocarbonyl (C=S) groups is 1. The average molecular weight is 263 g/mol. The van der Waals surface area contributed by atoms with Gasteiger partial charge in [0.05, 0.1) is 5.71 Å². The minimum atomic E-state index is 0.297. The molecular weight excluding hydrogens is 246 g/mol. The van der Waals surface area contributed by atoms with Gasteiger partial charge in [-0.15, -0.1) is 0 Å². The molecule has 2 rings (SSSR count). The summed E-state index contributed by atoms with van der Waals surface area (Å²) >= 11 is 4.99. The van der Waals surface area contributed by atoms with Crippen molar-refractivity contribution in [3.8, 4) is 5.75 Å². The summed E-state index contributed by atoms with van der Waals surface area (Å²) in [6, 6.07) is 3.67. The van der Waals surface area contributed by atoms with Gasteiger partial charge in [0.25, 0.3) is 0 Å². The molecule has 0 fully saturated rings. The number of nitrogens with zero attached hydrogens (tertiary/aromatic N) is 1. The van der Waals surface area contributed by atoms with Crippen LogP contribution in [0.2, 0.25) is 0 Å². The van der Waals surface area contributed by atoms with E-state index in [9.17, 15) is 5.11 Å². The lowest BCUT2D eigenvalue weighted by molar-refractivity contribution is 0.472. The van der Waals surface area contributed by atoms with Crippen LogP contribution in [0.25, 0.3) is 0 Å². The second kappa shape index (κ2) is 5.35. The molecule has 0 spiro atoms. The minimum absolute atomic E-state index is 0.297. The number of benzene rings is 1. The molecule has 0 heterocycles. The summed E-state index contributed by atoms with van der Waals surface area (Å²) in [5.41, 5.74) is 6.92. The third-order valence-corrected chi connectivity index (χ3v) is 3.47. The van der Waals surface area contributed by atoms with Gasteiger partial charge in [-0.3, -0.25) is 5.43 Å². The van der Waals surface area contributed by atoms with Crippen molar-refractivity contribution in [1.29, 1.82) is 0 Å². The first-order chi connectivity index (χ1) is 8.63. The van der Waals surface area contributed by atoms with Crippen LogP contribution in [0.4, 0.5) is 0 Å². The van der Waals surface area contributed by atoms with Gasteiger partial charge in [-0.05, 0) is 55.6 Å². The molecule has 0 atom stereocenters. The van der Waals surface area contributed by atoms with Gasteiger partial charge in [0, 0.05) is 12.6 Å². The molecule has 0 unspecified atom stereocenters. The Hall–Kier alpha value is -1.62. The van der Waals surface area contributed by atoms with Crippen LogP contribution in [0.5, 0.6) is 5.75 Å². The van der Waals surface area contributed by atoms with Crippen molar-refractivity contribution in [3.05, 3.63) is 28.8 Å². The number of phenols is 1. The summed E-state index contributed by atoms with van der Waals surface area (Å²) in [6.07, 6.45) is 2.89. The monoisotopic (exact) mass is 263 g/mol. The standard InChI is InChI=1S/C13H17N3OS/c1-8-6-7-11(17)12-9(8)4-3-5-10(12)15-16-13(18)14-2/h6-7,17H,3-5H2,1-2H3,(H2,14,16,18)/b15-10+. The van der Waals surface area contributed by atoms with Crippen LogP contribution in [0.15, 0.2) is 17.2 Å². The fraction of sp³-hybridized carbons (Fsp3) is 0.385. The van der Waals surface area contributed by atoms with E-state index in [1.54, 1.807) is 13.1 Å². The molecule has 0 radical (unpaired) electrons. The molecule has 18 heavy (non-hydrogen) atoms. The van der Waals surface area contributed by atoms with Crippen molar-refractivity contribution in [3.63, 3.8) is 0 Å². The van der Waals surface area contributed by atoms with Gasteiger partial charge in [0.1, 0.15) is 5.75 Å². The number of hydrogen-bond acceptors (Lipinski definition) is 3. The van der Waals surface area contributed by atoms with Crippen molar-refractivity contribution in [1.82, 2.24) is 10.7 Å². The molecule has 1 aromatic rings. The number of hydrogen-bond donors (Lipinski definition) is 3. The highest BCUT2D eigenvalue weighted by Gasteiger charge is 2.20. The third-order valence-electron chi connectivity index (χ3n) is 3.17. The van der Waals surface area contributed by atoms with Crippen molar-refractivity contribution in [2.45, 2.75) is 26.2 Å². The molecule has 0 saturated heterocycles. The lowest BCUT2D eigenvalue weighted by atomic mass is 9.86. The number of aromatic hydroxyl groups is 1. The van der Waals surface area contributed by atoms with Crippen LogP contribution in [-0.4, -0.2) is 23.0 Å². The Kier molecular flexibility index (Phi) is 3.81. The van der Waals surface area contributed by atoms with E-state index < -0.39 is 0 Å². The van der Waals surface area contributed by atoms with Crippen molar-refractivity contribution in [2.75, 3.05) is 7.05 Å². The highest BCUT2D eigenvalue weighted by atomic mass is 32.1. The number of hydrazone groups is 1. The first-order valence-corrected chi connectivity index (χ1v) is 6.40. The van der Waals surface area contributed by atoms with Gasteiger partial charge >= 0.3 is 0 Å². The lowest BCUT2D eigenvalue weighted by Crippen LogP contribution is -2.30. The predicted molar refractivity (Wildman–Crippen MR) is 77.1 cm³/mol. The van der Waals surface area contributed by atoms with E-state index in [2.05, 4.69) is 22.8 Å². The Bertz CT molecular complexity index is 511. The fourth-order valence-electron chi connectivity index (χ4n) is 2.23. The molecule has 0 aliphatic heterocycles. The van der Waals surface area contributed by atoms with E-state index in [0.717, 1.165) is 30.5 Å². The van der Waals surface area contributed by atoms with Gasteiger partial charge in [0.2, 0.25) is 0 Å². The summed E-state index contributed by atoms with van der Waals surface area (Å²) in [4.78, 5) is 0. The van der Waals surface area contributed by atoms with E-state index in [4.69, 9.17) is 12.2 Å². The van der Waals surface area contributed by atoms with E-state index in [-0.39, 0.29) is 0 Å². The number of nitrogens with one attached hydrogen (secondary N) is 2. The highest BCUT2D eigenvalue weighted by Crippen LogP contribution is 2.31. The van der Waals surface area contributed by atoms with Crippen LogP contribution in [0, 0.1) is 6.92 Å². The maximum absolute atomic E-state index is 10.0. The molecule has 4 nitrogen and oxygen atoms in total. The molecule has 0 amide bonds. The maximum Gasteiger partial charge on any atom is 0.186 e. The van der Waals surface area contributed by atoms with E-state index in [0.29, 0.717) is 10.9 Å². The number of phenolic OH excluding ortho intramolecular Hbond substituents is 1. The lowest BCUT2D eigenvalue weighted by Gasteiger charge is -2.21. The molecule has 1 aliphatic rings. The summed E-state index contributed by atoms with van der Waals surface area (Å²) in [7, 11) is 1.74. The SMILES string of the molecule is CNC(=S)N/N=C1\CCCc2c(C)ccc(O)c21. The average Bonchev–Trinajstić information content (AvgIpc) is 2.40. The molecule has 1 aliphatic carbocycles. The largest absolute Gasteiger partial charge is 0.507 e. The van der Waals surface area contributed by atoms with E-state index in [1.807, 2.05) is 6.07 Å². The second-order valence-electron chi connectivity index (χ2n) is 4.36. The van der Waals surface area contributed by atoms with E-state index in [1.165, 1.54) is 11.1 Å². The molecule has 0 bridgehead atoms. The first kappa shape index (κ1) is 12.8. The summed E-state index contributed by atoms with van der Waals surface area (Å²) in [6.45, 7) is 2.06. The van der Waals surface area contributed by atoms with Gasteiger partial charge in [-0.25, -0.2) is 0 Å². The highest BCUT2D eigenvalue weighted by molar-refractivity contribution is 7.80. The van der Waals surface area contributed by atoms with Crippen molar-refractivity contribution >= 4 is 23.0 Å². The molecule has 5 heteroatoms. The molecule has 1 aromatic carbocycles. The number of aryl methyl sites for hydroxylation is 1. The van der Waals surface area contributed by atoms with Gasteiger partial charge in [-0.1, -0.05) is 6.07 Å². The zero-order valence-corrected chi connectivity index (χ0v) is 11.4.